The molecule has 0 saturated carbocycles. The van der Waals surface area contributed by atoms with E-state index < -0.39 is 0 Å². The lowest BCUT2D eigenvalue weighted by atomic mass is 10.2. The minimum absolute atomic E-state index is 0.118. The molecule has 2 aromatic rings. The fraction of sp³-hybridized carbons (Fsp3) is 0.357. The van der Waals surface area contributed by atoms with Gasteiger partial charge in [0.1, 0.15) is 5.75 Å². The Morgan fingerprint density at radius 3 is 2.95 bits per heavy atom. The molecular formula is C14H19N3OS. The van der Waals surface area contributed by atoms with Gasteiger partial charge in [-0.1, -0.05) is 0 Å². The van der Waals surface area contributed by atoms with E-state index in [0.29, 0.717) is 5.69 Å². The SMILES string of the molecule is CC(C)Oc1cc(NCCc2nccs2)ccc1N. The summed E-state index contributed by atoms with van der Waals surface area (Å²) in [7, 11) is 0. The summed E-state index contributed by atoms with van der Waals surface area (Å²) in [5, 5.41) is 6.49. The van der Waals surface area contributed by atoms with Crippen LogP contribution in [0.3, 0.4) is 0 Å². The highest BCUT2D eigenvalue weighted by molar-refractivity contribution is 7.09. The summed E-state index contributed by atoms with van der Waals surface area (Å²) in [6, 6.07) is 5.77. The van der Waals surface area contributed by atoms with Gasteiger partial charge in [-0.2, -0.15) is 0 Å². The molecule has 0 aliphatic rings. The van der Waals surface area contributed by atoms with Gasteiger partial charge in [-0.15, -0.1) is 11.3 Å². The van der Waals surface area contributed by atoms with Crippen molar-refractivity contribution in [2.75, 3.05) is 17.6 Å². The van der Waals surface area contributed by atoms with Gasteiger partial charge in [-0.05, 0) is 26.0 Å². The zero-order chi connectivity index (χ0) is 13.7. The van der Waals surface area contributed by atoms with Crippen LogP contribution in [0.5, 0.6) is 5.75 Å². The second kappa shape index (κ2) is 6.43. The molecule has 3 N–H and O–H groups in total. The second-order valence-electron chi connectivity index (χ2n) is 4.52. The van der Waals surface area contributed by atoms with E-state index in [4.69, 9.17) is 10.5 Å². The summed E-state index contributed by atoms with van der Waals surface area (Å²) >= 11 is 1.68. The number of anilines is 2. The van der Waals surface area contributed by atoms with Crippen molar-refractivity contribution in [3.63, 3.8) is 0 Å². The minimum atomic E-state index is 0.118. The van der Waals surface area contributed by atoms with Crippen molar-refractivity contribution in [1.29, 1.82) is 0 Å². The van der Waals surface area contributed by atoms with Crippen molar-refractivity contribution < 1.29 is 4.74 Å². The topological polar surface area (TPSA) is 60.2 Å². The summed E-state index contributed by atoms with van der Waals surface area (Å²) in [6.45, 7) is 4.82. The van der Waals surface area contributed by atoms with E-state index >= 15 is 0 Å². The third-order valence-electron chi connectivity index (χ3n) is 2.53. The number of ether oxygens (including phenoxy) is 1. The first-order chi connectivity index (χ1) is 9.15. The molecule has 102 valence electrons. The Bertz CT molecular complexity index is 511. The van der Waals surface area contributed by atoms with Gasteiger partial charge in [0.25, 0.3) is 0 Å². The van der Waals surface area contributed by atoms with Gasteiger partial charge < -0.3 is 15.8 Å². The van der Waals surface area contributed by atoms with Crippen molar-refractivity contribution in [2.45, 2.75) is 26.4 Å². The maximum atomic E-state index is 5.88. The predicted molar refractivity (Wildman–Crippen MR) is 80.9 cm³/mol. The Kier molecular flexibility index (Phi) is 4.63. The molecule has 0 saturated heterocycles. The van der Waals surface area contributed by atoms with E-state index in [1.807, 2.05) is 43.6 Å². The summed E-state index contributed by atoms with van der Waals surface area (Å²) in [6.07, 6.45) is 2.87. The number of rotatable bonds is 6. The number of aromatic nitrogens is 1. The van der Waals surface area contributed by atoms with Gasteiger partial charge in [0.2, 0.25) is 0 Å². The van der Waals surface area contributed by atoms with E-state index in [-0.39, 0.29) is 6.10 Å². The molecule has 0 aliphatic carbocycles. The number of nitrogens with two attached hydrogens (primary N) is 1. The third kappa shape index (κ3) is 4.13. The highest BCUT2D eigenvalue weighted by Crippen LogP contribution is 2.26. The highest BCUT2D eigenvalue weighted by Gasteiger charge is 2.04. The first-order valence-corrected chi connectivity index (χ1v) is 7.21. The molecule has 1 aromatic carbocycles. The van der Waals surface area contributed by atoms with Crippen molar-refractivity contribution in [2.24, 2.45) is 0 Å². The zero-order valence-electron chi connectivity index (χ0n) is 11.2. The van der Waals surface area contributed by atoms with Gasteiger partial charge in [0.05, 0.1) is 16.8 Å². The normalized spacial score (nSPS) is 10.7. The summed E-state index contributed by atoms with van der Waals surface area (Å²) in [5.74, 6) is 0.731. The molecule has 2 rings (SSSR count). The number of thiazole rings is 1. The van der Waals surface area contributed by atoms with Crippen molar-refractivity contribution in [3.05, 3.63) is 34.8 Å². The molecular weight excluding hydrogens is 258 g/mol. The van der Waals surface area contributed by atoms with E-state index in [2.05, 4.69) is 10.3 Å². The van der Waals surface area contributed by atoms with E-state index in [9.17, 15) is 0 Å². The van der Waals surface area contributed by atoms with Crippen LogP contribution in [0.25, 0.3) is 0 Å². The molecule has 5 heteroatoms. The van der Waals surface area contributed by atoms with Crippen LogP contribution in [-0.4, -0.2) is 17.6 Å². The molecule has 4 nitrogen and oxygen atoms in total. The van der Waals surface area contributed by atoms with Crippen molar-refractivity contribution in [3.8, 4) is 5.75 Å². The van der Waals surface area contributed by atoms with Crippen LogP contribution in [0.1, 0.15) is 18.9 Å². The molecule has 1 heterocycles. The lowest BCUT2D eigenvalue weighted by Gasteiger charge is -2.14. The molecule has 0 bridgehead atoms. The zero-order valence-corrected chi connectivity index (χ0v) is 12.0. The molecule has 0 radical (unpaired) electrons. The maximum absolute atomic E-state index is 5.88. The maximum Gasteiger partial charge on any atom is 0.144 e. The van der Waals surface area contributed by atoms with Crippen LogP contribution in [0.4, 0.5) is 11.4 Å². The predicted octanol–water partition coefficient (Wildman–Crippen LogP) is 3.17. The number of hydrogen-bond acceptors (Lipinski definition) is 5. The Balaban J connectivity index is 1.93. The summed E-state index contributed by atoms with van der Waals surface area (Å²) in [5.41, 5.74) is 7.56. The molecule has 0 amide bonds. The van der Waals surface area contributed by atoms with Crippen LogP contribution in [0.2, 0.25) is 0 Å². The van der Waals surface area contributed by atoms with Gasteiger partial charge in [-0.25, -0.2) is 4.98 Å². The lowest BCUT2D eigenvalue weighted by Crippen LogP contribution is -2.09. The molecule has 1 aromatic heterocycles. The average Bonchev–Trinajstić information content (AvgIpc) is 2.86. The molecule has 0 fully saturated rings. The molecule has 0 unspecified atom stereocenters. The van der Waals surface area contributed by atoms with Gasteiger partial charge in [0, 0.05) is 36.3 Å². The van der Waals surface area contributed by atoms with Crippen molar-refractivity contribution >= 4 is 22.7 Å². The number of nitrogens with one attached hydrogen (secondary N) is 1. The number of benzene rings is 1. The first-order valence-electron chi connectivity index (χ1n) is 6.33. The highest BCUT2D eigenvalue weighted by atomic mass is 32.1. The van der Waals surface area contributed by atoms with Crippen LogP contribution in [-0.2, 0) is 6.42 Å². The molecule has 0 spiro atoms. The third-order valence-corrected chi connectivity index (χ3v) is 3.37. The van der Waals surface area contributed by atoms with Gasteiger partial charge in [0.15, 0.2) is 0 Å². The van der Waals surface area contributed by atoms with Crippen LogP contribution >= 0.6 is 11.3 Å². The monoisotopic (exact) mass is 277 g/mol. The Morgan fingerprint density at radius 1 is 1.42 bits per heavy atom. The van der Waals surface area contributed by atoms with Crippen LogP contribution in [0.15, 0.2) is 29.8 Å². The number of hydrogen-bond donors (Lipinski definition) is 2. The Labute approximate surface area is 117 Å². The quantitative estimate of drug-likeness (QED) is 0.796. The van der Waals surface area contributed by atoms with Gasteiger partial charge >= 0.3 is 0 Å². The minimum Gasteiger partial charge on any atom is -0.489 e. The number of nitrogen functional groups attached to an aromatic ring is 1. The number of nitrogens with zero attached hydrogens (tertiary/aromatic N) is 1. The standard InChI is InChI=1S/C14H19N3OS/c1-10(2)18-13-9-11(3-4-12(13)15)16-6-5-14-17-7-8-19-14/h3-4,7-10,16H,5-6,15H2,1-2H3. The Hall–Kier alpha value is -1.75. The smallest absolute Gasteiger partial charge is 0.144 e. The van der Waals surface area contributed by atoms with E-state index in [0.717, 1.165) is 29.4 Å². The van der Waals surface area contributed by atoms with Crippen LogP contribution < -0.4 is 15.8 Å². The van der Waals surface area contributed by atoms with Crippen molar-refractivity contribution in [1.82, 2.24) is 4.98 Å². The first kappa shape index (κ1) is 13.7. The lowest BCUT2D eigenvalue weighted by molar-refractivity contribution is 0.244. The average molecular weight is 277 g/mol. The fourth-order valence-corrected chi connectivity index (χ4v) is 2.31. The molecule has 19 heavy (non-hydrogen) atoms. The molecule has 0 aliphatic heterocycles. The molecule has 0 atom stereocenters. The fourth-order valence-electron chi connectivity index (χ4n) is 1.69. The summed E-state index contributed by atoms with van der Waals surface area (Å²) < 4.78 is 5.66. The van der Waals surface area contributed by atoms with E-state index in [1.165, 1.54) is 0 Å². The second-order valence-corrected chi connectivity index (χ2v) is 5.50. The Morgan fingerprint density at radius 2 is 2.26 bits per heavy atom. The van der Waals surface area contributed by atoms with Gasteiger partial charge in [-0.3, -0.25) is 0 Å². The largest absolute Gasteiger partial charge is 0.489 e. The summed E-state index contributed by atoms with van der Waals surface area (Å²) in [4.78, 5) is 4.25. The van der Waals surface area contributed by atoms with E-state index in [1.54, 1.807) is 11.3 Å². The van der Waals surface area contributed by atoms with Crippen LogP contribution in [0, 0.1) is 0 Å².